The quantitative estimate of drug-likeness (QED) is 0.429. The van der Waals surface area contributed by atoms with Gasteiger partial charge in [0.25, 0.3) is 0 Å². The lowest BCUT2D eigenvalue weighted by Crippen LogP contribution is -2.52. The van der Waals surface area contributed by atoms with Crippen LogP contribution in [0.2, 0.25) is 0 Å². The summed E-state index contributed by atoms with van der Waals surface area (Å²) < 4.78 is 0.983. The number of rotatable bonds is 7. The minimum absolute atomic E-state index is 0.0449. The third kappa shape index (κ3) is 7.26. The van der Waals surface area contributed by atoms with Gasteiger partial charge in [0.15, 0.2) is 0 Å². The molecule has 4 aliphatic rings. The molecule has 4 amide bonds. The van der Waals surface area contributed by atoms with E-state index in [1.165, 1.54) is 32.4 Å². The molecule has 1 atom stereocenters. The first-order valence-electron chi connectivity index (χ1n) is 16.1. The minimum Gasteiger partial charge on any atom is -0.343 e. The molecule has 0 bridgehead atoms. The number of nitrogens with one attached hydrogen (secondary N) is 1. The van der Waals surface area contributed by atoms with Gasteiger partial charge >= 0.3 is 6.03 Å². The summed E-state index contributed by atoms with van der Waals surface area (Å²) >= 11 is 3.57. The molecule has 3 saturated heterocycles. The number of urea groups is 1. The van der Waals surface area contributed by atoms with Gasteiger partial charge in [-0.25, -0.2) is 4.79 Å². The highest BCUT2D eigenvalue weighted by molar-refractivity contribution is 9.10. The molecule has 230 valence electrons. The lowest BCUT2D eigenvalue weighted by molar-refractivity contribution is -0.143. The highest BCUT2D eigenvalue weighted by atomic mass is 79.9. The van der Waals surface area contributed by atoms with Gasteiger partial charge in [-0.05, 0) is 87.4 Å². The van der Waals surface area contributed by atoms with E-state index in [-0.39, 0.29) is 36.2 Å². The number of amides is 4. The van der Waals surface area contributed by atoms with Crippen molar-refractivity contribution in [2.75, 3.05) is 44.6 Å². The number of piperidine rings is 3. The van der Waals surface area contributed by atoms with Crippen molar-refractivity contribution in [3.05, 3.63) is 64.1 Å². The van der Waals surface area contributed by atoms with Gasteiger partial charge in [0.2, 0.25) is 11.8 Å². The summed E-state index contributed by atoms with van der Waals surface area (Å²) in [5.41, 5.74) is 3.07. The zero-order chi connectivity index (χ0) is 29.8. The number of anilines is 1. The Morgan fingerprint density at radius 1 is 0.837 bits per heavy atom. The lowest BCUT2D eigenvalue weighted by Gasteiger charge is -2.41. The molecule has 0 aliphatic carbocycles. The summed E-state index contributed by atoms with van der Waals surface area (Å²) in [7, 11) is 0. The number of benzene rings is 2. The SMILES string of the molecule is O=C(C[C@@H](Cc1cccc(Br)c1)C(=O)N1CCC(N2CCCCC2)CC1)N1CCC(N2Cc3ccccc3NC2=O)CC1. The maximum Gasteiger partial charge on any atom is 0.322 e. The van der Waals surface area contributed by atoms with E-state index in [9.17, 15) is 14.4 Å². The number of likely N-dealkylation sites (tertiary alicyclic amines) is 3. The third-order valence-electron chi connectivity index (χ3n) is 9.94. The van der Waals surface area contributed by atoms with Crippen molar-refractivity contribution >= 4 is 39.5 Å². The van der Waals surface area contributed by atoms with E-state index >= 15 is 0 Å². The molecule has 0 spiro atoms. The van der Waals surface area contributed by atoms with E-state index in [1.54, 1.807) is 0 Å². The molecule has 0 unspecified atom stereocenters. The maximum absolute atomic E-state index is 14.0. The van der Waals surface area contributed by atoms with E-state index in [2.05, 4.69) is 38.3 Å². The van der Waals surface area contributed by atoms with Crippen LogP contribution in [0.15, 0.2) is 53.0 Å². The Bertz CT molecular complexity index is 1300. The zero-order valence-corrected chi connectivity index (χ0v) is 26.6. The second kappa shape index (κ2) is 13.8. The number of halogens is 1. The summed E-state index contributed by atoms with van der Waals surface area (Å²) in [6, 6.07) is 16.6. The normalized spacial score (nSPS) is 21.3. The summed E-state index contributed by atoms with van der Waals surface area (Å²) in [4.78, 5) is 48.9. The molecule has 4 heterocycles. The Morgan fingerprint density at radius 2 is 1.53 bits per heavy atom. The number of hydrogen-bond acceptors (Lipinski definition) is 4. The Labute approximate surface area is 263 Å². The first kappa shape index (κ1) is 30.1. The monoisotopic (exact) mass is 649 g/mol. The van der Waals surface area contributed by atoms with Gasteiger partial charge in [-0.1, -0.05) is 52.7 Å². The van der Waals surface area contributed by atoms with Crippen molar-refractivity contribution in [3.63, 3.8) is 0 Å². The van der Waals surface area contributed by atoms with E-state index < -0.39 is 0 Å². The Hall–Kier alpha value is -2.91. The predicted octanol–water partition coefficient (Wildman–Crippen LogP) is 5.51. The van der Waals surface area contributed by atoms with Crippen LogP contribution in [0.5, 0.6) is 0 Å². The second-order valence-electron chi connectivity index (χ2n) is 12.7. The van der Waals surface area contributed by atoms with Crippen LogP contribution in [-0.2, 0) is 22.6 Å². The van der Waals surface area contributed by atoms with Crippen molar-refractivity contribution in [1.82, 2.24) is 19.6 Å². The number of para-hydroxylation sites is 1. The summed E-state index contributed by atoms with van der Waals surface area (Å²) in [5.74, 6) is -0.220. The molecule has 0 saturated carbocycles. The molecular weight excluding hydrogens is 606 g/mol. The number of hydrogen-bond donors (Lipinski definition) is 1. The largest absolute Gasteiger partial charge is 0.343 e. The number of carbonyl (C=O) groups is 3. The summed E-state index contributed by atoms with van der Waals surface area (Å²) in [6.45, 7) is 5.72. The Kier molecular flexibility index (Phi) is 9.67. The fourth-order valence-corrected chi connectivity index (χ4v) is 7.92. The zero-order valence-electron chi connectivity index (χ0n) is 25.1. The standard InChI is InChI=1S/C34H44BrN5O3/c35-28-9-6-7-25(22-28)21-27(33(42)39-19-11-29(12-20-39)37-15-4-1-5-16-37)23-32(41)38-17-13-30(14-18-38)40-24-26-8-2-3-10-31(26)36-34(40)43/h2-3,6-10,22,27,29-30H,1,4-5,11-21,23-24H2,(H,36,43)/t27-/m1/s1. The molecule has 8 nitrogen and oxygen atoms in total. The maximum atomic E-state index is 14.0. The van der Waals surface area contributed by atoms with Crippen molar-refractivity contribution in [3.8, 4) is 0 Å². The molecule has 6 rings (SSSR count). The molecule has 43 heavy (non-hydrogen) atoms. The van der Waals surface area contributed by atoms with Crippen molar-refractivity contribution in [2.24, 2.45) is 5.92 Å². The van der Waals surface area contributed by atoms with Gasteiger partial charge in [-0.3, -0.25) is 9.59 Å². The van der Waals surface area contributed by atoms with Crippen molar-refractivity contribution in [1.29, 1.82) is 0 Å². The first-order valence-corrected chi connectivity index (χ1v) is 16.9. The van der Waals surface area contributed by atoms with E-state index in [0.717, 1.165) is 60.1 Å². The number of carbonyl (C=O) groups excluding carboxylic acids is 3. The average molecular weight is 651 g/mol. The minimum atomic E-state index is -0.379. The van der Waals surface area contributed by atoms with Gasteiger partial charge in [0.1, 0.15) is 0 Å². The fraction of sp³-hybridized carbons (Fsp3) is 0.559. The van der Waals surface area contributed by atoms with Crippen molar-refractivity contribution in [2.45, 2.75) is 76.4 Å². The molecule has 0 radical (unpaired) electrons. The van der Waals surface area contributed by atoms with Gasteiger partial charge < -0.3 is 24.9 Å². The lowest BCUT2D eigenvalue weighted by atomic mass is 9.91. The highest BCUT2D eigenvalue weighted by Gasteiger charge is 2.36. The molecule has 3 fully saturated rings. The molecule has 4 aliphatic heterocycles. The van der Waals surface area contributed by atoms with Crippen LogP contribution in [0, 0.1) is 5.92 Å². The van der Waals surface area contributed by atoms with Crippen LogP contribution in [0.4, 0.5) is 10.5 Å². The van der Waals surface area contributed by atoms with E-state index in [4.69, 9.17) is 0 Å². The van der Waals surface area contributed by atoms with Crippen LogP contribution in [-0.4, -0.2) is 88.8 Å². The van der Waals surface area contributed by atoms with Crippen LogP contribution in [0.1, 0.15) is 62.5 Å². The van der Waals surface area contributed by atoms with Gasteiger partial charge in [-0.15, -0.1) is 0 Å². The van der Waals surface area contributed by atoms with Gasteiger partial charge in [-0.2, -0.15) is 0 Å². The van der Waals surface area contributed by atoms with E-state index in [0.29, 0.717) is 32.1 Å². The Morgan fingerprint density at radius 3 is 2.28 bits per heavy atom. The molecule has 1 N–H and O–H groups in total. The highest BCUT2D eigenvalue weighted by Crippen LogP contribution is 2.29. The second-order valence-corrected chi connectivity index (χ2v) is 13.6. The Balaban J connectivity index is 1.07. The van der Waals surface area contributed by atoms with Gasteiger partial charge in [0.05, 0.1) is 5.92 Å². The molecular formula is C34H44BrN5O3. The number of fused-ring (bicyclic) bond motifs is 1. The average Bonchev–Trinajstić information content (AvgIpc) is 3.04. The summed E-state index contributed by atoms with van der Waals surface area (Å²) in [5, 5.41) is 3.02. The van der Waals surface area contributed by atoms with Gasteiger partial charge in [0, 0.05) is 61.4 Å². The topological polar surface area (TPSA) is 76.2 Å². The smallest absolute Gasteiger partial charge is 0.322 e. The fourth-order valence-electron chi connectivity index (χ4n) is 7.47. The van der Waals surface area contributed by atoms with Crippen LogP contribution in [0.3, 0.4) is 0 Å². The molecule has 0 aromatic heterocycles. The first-order chi connectivity index (χ1) is 20.9. The van der Waals surface area contributed by atoms with Crippen LogP contribution >= 0.6 is 15.9 Å². The molecule has 2 aromatic carbocycles. The predicted molar refractivity (Wildman–Crippen MR) is 172 cm³/mol. The number of nitrogens with zero attached hydrogens (tertiary/aromatic N) is 4. The van der Waals surface area contributed by atoms with Crippen LogP contribution in [0.25, 0.3) is 0 Å². The van der Waals surface area contributed by atoms with Crippen LogP contribution < -0.4 is 5.32 Å². The molecule has 9 heteroatoms. The third-order valence-corrected chi connectivity index (χ3v) is 10.4. The van der Waals surface area contributed by atoms with Crippen molar-refractivity contribution < 1.29 is 14.4 Å². The molecule has 2 aromatic rings. The summed E-state index contributed by atoms with van der Waals surface area (Å²) in [6.07, 6.45) is 8.21. The van der Waals surface area contributed by atoms with E-state index in [1.807, 2.05) is 51.1 Å².